The third-order valence-corrected chi connectivity index (χ3v) is 7.21. The number of aromatic nitrogens is 1. The first kappa shape index (κ1) is 22.4. The minimum atomic E-state index is -0.306. The van der Waals surface area contributed by atoms with Crippen molar-refractivity contribution >= 4 is 29.6 Å². The van der Waals surface area contributed by atoms with Crippen LogP contribution in [0.1, 0.15) is 31.2 Å². The van der Waals surface area contributed by atoms with Gasteiger partial charge in [-0.1, -0.05) is 6.07 Å². The number of likely N-dealkylation sites (tertiary alicyclic amines) is 1. The fourth-order valence-electron chi connectivity index (χ4n) is 4.89. The zero-order valence-electron chi connectivity index (χ0n) is 18.6. The van der Waals surface area contributed by atoms with Crippen LogP contribution in [-0.4, -0.2) is 55.5 Å². The monoisotopic (exact) mass is 455 g/mol. The van der Waals surface area contributed by atoms with E-state index in [1.165, 1.54) is 5.56 Å². The van der Waals surface area contributed by atoms with Crippen LogP contribution in [0.5, 0.6) is 11.5 Å². The van der Waals surface area contributed by atoms with Gasteiger partial charge in [0.15, 0.2) is 11.5 Å². The van der Waals surface area contributed by atoms with E-state index in [0.717, 1.165) is 61.6 Å². The zero-order chi connectivity index (χ0) is 22.6. The predicted octanol–water partition coefficient (Wildman–Crippen LogP) is 4.05. The standard InChI is InChI=1S/C23H29N5O3S/c1-28-13-10-23(16-4-5-19(30-2)20(14-16)31-3)9-6-18(15-21(23)28)26-32-27-22(29)25-17-7-11-24-12-8-17/h4-5,7-8,11-12,14,21H,6,9-10,13,15H2,1-3H3,(H2,24,25,27,29)/b26-18-/t21-,23-/m0/s1. The van der Waals surface area contributed by atoms with Crippen molar-refractivity contribution in [3.05, 3.63) is 48.3 Å². The number of amides is 2. The van der Waals surface area contributed by atoms with Gasteiger partial charge in [0.05, 0.1) is 26.4 Å². The van der Waals surface area contributed by atoms with E-state index in [1.54, 1.807) is 38.7 Å². The van der Waals surface area contributed by atoms with E-state index in [9.17, 15) is 4.79 Å². The number of pyridine rings is 1. The number of rotatable bonds is 6. The Labute approximate surface area is 193 Å². The van der Waals surface area contributed by atoms with Crippen LogP contribution in [0, 0.1) is 0 Å². The molecule has 32 heavy (non-hydrogen) atoms. The van der Waals surface area contributed by atoms with Crippen LogP contribution in [0.25, 0.3) is 0 Å². The lowest BCUT2D eigenvalue weighted by molar-refractivity contribution is 0.226. The number of fused-ring (bicyclic) bond motifs is 1. The van der Waals surface area contributed by atoms with Crippen molar-refractivity contribution in [1.82, 2.24) is 14.6 Å². The molecule has 0 bridgehead atoms. The Morgan fingerprint density at radius 2 is 1.97 bits per heavy atom. The molecule has 2 heterocycles. The van der Waals surface area contributed by atoms with Crippen LogP contribution in [-0.2, 0) is 5.41 Å². The zero-order valence-corrected chi connectivity index (χ0v) is 19.4. The van der Waals surface area contributed by atoms with E-state index >= 15 is 0 Å². The number of methoxy groups -OCH3 is 2. The smallest absolute Gasteiger partial charge is 0.330 e. The SMILES string of the molecule is COc1ccc([C@@]23CC/C(=N/SNC(=O)Nc4ccncc4)C[C@@H]2N(C)CC3)cc1OC. The molecule has 4 rings (SSSR count). The highest BCUT2D eigenvalue weighted by molar-refractivity contribution is 7.96. The van der Waals surface area contributed by atoms with Crippen molar-refractivity contribution in [3.8, 4) is 11.5 Å². The first-order valence-corrected chi connectivity index (χ1v) is 11.4. The van der Waals surface area contributed by atoms with Gasteiger partial charge in [0, 0.05) is 41.7 Å². The summed E-state index contributed by atoms with van der Waals surface area (Å²) in [4.78, 5) is 18.4. The first-order valence-electron chi connectivity index (χ1n) is 10.7. The van der Waals surface area contributed by atoms with Gasteiger partial charge in [-0.15, -0.1) is 0 Å². The van der Waals surface area contributed by atoms with E-state index in [0.29, 0.717) is 11.7 Å². The molecule has 2 aromatic rings. The lowest BCUT2D eigenvalue weighted by Crippen LogP contribution is -2.46. The summed E-state index contributed by atoms with van der Waals surface area (Å²) in [6, 6.07) is 9.84. The number of ether oxygens (including phenoxy) is 2. The summed E-state index contributed by atoms with van der Waals surface area (Å²) in [5.41, 5.74) is 3.18. The number of urea groups is 1. The number of hydrogen-bond donors (Lipinski definition) is 2. The molecule has 0 spiro atoms. The molecule has 1 saturated heterocycles. The van der Waals surface area contributed by atoms with Crippen LogP contribution in [0.15, 0.2) is 47.1 Å². The summed E-state index contributed by atoms with van der Waals surface area (Å²) in [5.74, 6) is 1.52. The van der Waals surface area contributed by atoms with Gasteiger partial charge in [-0.05, 0) is 62.7 Å². The molecular weight excluding hydrogens is 426 g/mol. The molecule has 2 fully saturated rings. The van der Waals surface area contributed by atoms with Gasteiger partial charge in [0.2, 0.25) is 0 Å². The Morgan fingerprint density at radius 1 is 1.19 bits per heavy atom. The van der Waals surface area contributed by atoms with Gasteiger partial charge in [-0.25, -0.2) is 9.19 Å². The van der Waals surface area contributed by atoms with Crippen LogP contribution in [0.4, 0.5) is 10.5 Å². The quantitative estimate of drug-likeness (QED) is 0.639. The number of nitrogens with zero attached hydrogens (tertiary/aromatic N) is 3. The number of hydrogen-bond acceptors (Lipinski definition) is 7. The van der Waals surface area contributed by atoms with Crippen molar-refractivity contribution in [3.63, 3.8) is 0 Å². The summed E-state index contributed by atoms with van der Waals surface area (Å²) >= 11 is 1.08. The van der Waals surface area contributed by atoms with E-state index in [1.807, 2.05) is 6.07 Å². The van der Waals surface area contributed by atoms with E-state index in [-0.39, 0.29) is 11.4 Å². The maximum Gasteiger partial charge on any atom is 0.330 e. The number of nitrogens with one attached hydrogen (secondary N) is 2. The highest BCUT2D eigenvalue weighted by Crippen LogP contribution is 2.49. The maximum atomic E-state index is 12.1. The molecule has 2 atom stereocenters. The van der Waals surface area contributed by atoms with Crippen molar-refractivity contribution in [2.75, 3.05) is 33.1 Å². The van der Waals surface area contributed by atoms with Gasteiger partial charge < -0.3 is 19.7 Å². The Morgan fingerprint density at radius 3 is 2.72 bits per heavy atom. The van der Waals surface area contributed by atoms with Gasteiger partial charge in [0.1, 0.15) is 0 Å². The number of anilines is 1. The third-order valence-electron chi connectivity index (χ3n) is 6.58. The Hall–Kier alpha value is -2.78. The number of benzene rings is 1. The van der Waals surface area contributed by atoms with Crippen molar-refractivity contribution in [2.24, 2.45) is 4.40 Å². The molecule has 1 aliphatic heterocycles. The third kappa shape index (κ3) is 4.54. The van der Waals surface area contributed by atoms with Crippen LogP contribution < -0.4 is 19.5 Å². The second-order valence-electron chi connectivity index (χ2n) is 8.22. The maximum absolute atomic E-state index is 12.1. The minimum absolute atomic E-state index is 0.0735. The lowest BCUT2D eigenvalue weighted by atomic mass is 9.65. The molecule has 2 amide bonds. The molecule has 1 aromatic carbocycles. The molecule has 2 N–H and O–H groups in total. The summed E-state index contributed by atoms with van der Waals surface area (Å²) < 4.78 is 18.3. The lowest BCUT2D eigenvalue weighted by Gasteiger charge is -2.42. The summed E-state index contributed by atoms with van der Waals surface area (Å²) in [6.45, 7) is 1.05. The molecule has 0 radical (unpaired) electrons. The molecule has 0 unspecified atom stereocenters. The minimum Gasteiger partial charge on any atom is -0.493 e. The number of carbonyl (C=O) groups is 1. The van der Waals surface area contributed by atoms with Gasteiger partial charge in [0.25, 0.3) is 0 Å². The topological polar surface area (TPSA) is 88.1 Å². The molecule has 9 heteroatoms. The van der Waals surface area contributed by atoms with Crippen LogP contribution >= 0.6 is 12.1 Å². The predicted molar refractivity (Wildman–Crippen MR) is 128 cm³/mol. The summed E-state index contributed by atoms with van der Waals surface area (Å²) in [5, 5.41) is 2.76. The van der Waals surface area contributed by atoms with E-state index in [4.69, 9.17) is 9.47 Å². The van der Waals surface area contributed by atoms with Crippen molar-refractivity contribution < 1.29 is 14.3 Å². The van der Waals surface area contributed by atoms with Crippen LogP contribution in [0.3, 0.4) is 0 Å². The molecule has 1 saturated carbocycles. The average Bonchev–Trinajstić information content (AvgIpc) is 3.16. The van der Waals surface area contributed by atoms with E-state index in [2.05, 4.69) is 43.5 Å². The highest BCUT2D eigenvalue weighted by atomic mass is 32.2. The average molecular weight is 456 g/mol. The van der Waals surface area contributed by atoms with E-state index < -0.39 is 0 Å². The first-order chi connectivity index (χ1) is 15.6. The number of carbonyl (C=O) groups excluding carboxylic acids is 1. The van der Waals surface area contributed by atoms with Crippen molar-refractivity contribution in [2.45, 2.75) is 37.1 Å². The van der Waals surface area contributed by atoms with Gasteiger partial charge in [-0.3, -0.25) is 9.71 Å². The molecule has 8 nitrogen and oxygen atoms in total. The molecule has 1 aliphatic carbocycles. The molecule has 2 aliphatic rings. The number of likely N-dealkylation sites (N-methyl/N-ethyl adjacent to an activating group) is 1. The largest absolute Gasteiger partial charge is 0.493 e. The van der Waals surface area contributed by atoms with Crippen molar-refractivity contribution in [1.29, 1.82) is 0 Å². The second kappa shape index (κ2) is 9.79. The highest BCUT2D eigenvalue weighted by Gasteiger charge is 2.49. The molecular formula is C23H29N5O3S. The Balaban J connectivity index is 1.42. The summed E-state index contributed by atoms with van der Waals surface area (Å²) in [7, 11) is 5.52. The molecule has 1 aromatic heterocycles. The van der Waals surface area contributed by atoms with Gasteiger partial charge in [-0.2, -0.15) is 0 Å². The fraction of sp³-hybridized carbons (Fsp3) is 0.435. The Bertz CT molecular complexity index is 987. The molecule has 170 valence electrons. The summed E-state index contributed by atoms with van der Waals surface area (Å²) in [6.07, 6.45) is 7.17. The normalized spacial score (nSPS) is 24.1. The second-order valence-corrected chi connectivity index (χ2v) is 8.79. The van der Waals surface area contributed by atoms with Gasteiger partial charge >= 0.3 is 6.03 Å². The fourth-order valence-corrected chi connectivity index (χ4v) is 5.36. The Kier molecular flexibility index (Phi) is 6.86. The van der Waals surface area contributed by atoms with Crippen LogP contribution in [0.2, 0.25) is 0 Å².